The van der Waals surface area contributed by atoms with Gasteiger partial charge in [0, 0.05) is 12.1 Å². The molecule has 1 aliphatic rings. The standard InChI is InChI=1S/C10H13N3/c1-7-3-9(4-8(2)13-7)10(5-11)6-12/h7-8,13H,3-4H2,1-2H3. The Morgan fingerprint density at radius 2 is 1.69 bits per heavy atom. The molecule has 2 atom stereocenters. The van der Waals surface area contributed by atoms with Gasteiger partial charge in [-0.1, -0.05) is 0 Å². The molecule has 0 aromatic rings. The highest BCUT2D eigenvalue weighted by atomic mass is 14.9. The van der Waals surface area contributed by atoms with Gasteiger partial charge in [0.1, 0.15) is 17.7 Å². The number of hydrogen-bond acceptors (Lipinski definition) is 3. The van der Waals surface area contributed by atoms with Crippen LogP contribution in [0.25, 0.3) is 0 Å². The number of piperidine rings is 1. The number of nitrogens with one attached hydrogen (secondary N) is 1. The molecule has 2 unspecified atom stereocenters. The van der Waals surface area contributed by atoms with Crippen LogP contribution in [-0.2, 0) is 0 Å². The smallest absolute Gasteiger partial charge is 0.128 e. The third-order valence-corrected chi connectivity index (χ3v) is 2.25. The molecule has 1 rings (SSSR count). The quantitative estimate of drug-likeness (QED) is 0.567. The van der Waals surface area contributed by atoms with Gasteiger partial charge in [0.25, 0.3) is 0 Å². The summed E-state index contributed by atoms with van der Waals surface area (Å²) in [5.41, 5.74) is 1.31. The Kier molecular flexibility index (Phi) is 3.06. The van der Waals surface area contributed by atoms with Crippen molar-refractivity contribution >= 4 is 0 Å². The third-order valence-electron chi connectivity index (χ3n) is 2.25. The van der Waals surface area contributed by atoms with E-state index < -0.39 is 0 Å². The molecule has 1 saturated heterocycles. The van der Waals surface area contributed by atoms with E-state index in [1.54, 1.807) is 0 Å². The van der Waals surface area contributed by atoms with Crippen molar-refractivity contribution in [2.75, 3.05) is 0 Å². The van der Waals surface area contributed by atoms with Gasteiger partial charge in [-0.3, -0.25) is 0 Å². The second-order valence-electron chi connectivity index (χ2n) is 3.58. The predicted octanol–water partition coefficient (Wildman–Crippen LogP) is 1.49. The van der Waals surface area contributed by atoms with Gasteiger partial charge in [-0.05, 0) is 32.3 Å². The van der Waals surface area contributed by atoms with E-state index in [0.29, 0.717) is 17.7 Å². The van der Waals surface area contributed by atoms with Crippen molar-refractivity contribution in [2.45, 2.75) is 38.8 Å². The molecule has 3 heteroatoms. The van der Waals surface area contributed by atoms with Gasteiger partial charge in [-0.15, -0.1) is 0 Å². The first-order chi connectivity index (χ1) is 6.17. The second-order valence-corrected chi connectivity index (χ2v) is 3.58. The molecule has 0 amide bonds. The van der Waals surface area contributed by atoms with E-state index in [9.17, 15) is 0 Å². The summed E-state index contributed by atoms with van der Waals surface area (Å²) in [6.45, 7) is 4.14. The molecule has 0 bridgehead atoms. The summed E-state index contributed by atoms with van der Waals surface area (Å²) in [5, 5.41) is 20.8. The van der Waals surface area contributed by atoms with Crippen molar-refractivity contribution in [1.29, 1.82) is 10.5 Å². The maximum Gasteiger partial charge on any atom is 0.128 e. The minimum atomic E-state index is 0.306. The van der Waals surface area contributed by atoms with E-state index in [4.69, 9.17) is 10.5 Å². The maximum absolute atomic E-state index is 8.70. The highest BCUT2D eigenvalue weighted by molar-refractivity contribution is 5.41. The lowest BCUT2D eigenvalue weighted by molar-refractivity contribution is 0.410. The van der Waals surface area contributed by atoms with Gasteiger partial charge in [-0.2, -0.15) is 10.5 Å². The van der Waals surface area contributed by atoms with Crippen LogP contribution in [0.5, 0.6) is 0 Å². The molecule has 0 aromatic carbocycles. The SMILES string of the molecule is CC1CC(=C(C#N)C#N)CC(C)N1. The van der Waals surface area contributed by atoms with Crippen LogP contribution >= 0.6 is 0 Å². The number of nitrogens with zero attached hydrogens (tertiary/aromatic N) is 2. The highest BCUT2D eigenvalue weighted by Crippen LogP contribution is 2.21. The van der Waals surface area contributed by atoms with Crippen molar-refractivity contribution in [3.63, 3.8) is 0 Å². The lowest BCUT2D eigenvalue weighted by Crippen LogP contribution is -2.39. The summed E-state index contributed by atoms with van der Waals surface area (Å²) < 4.78 is 0. The summed E-state index contributed by atoms with van der Waals surface area (Å²) >= 11 is 0. The molecule has 0 saturated carbocycles. The van der Waals surface area contributed by atoms with E-state index in [1.165, 1.54) is 0 Å². The molecule has 13 heavy (non-hydrogen) atoms. The van der Waals surface area contributed by atoms with Crippen LogP contribution in [-0.4, -0.2) is 12.1 Å². The molecule has 0 aromatic heterocycles. The van der Waals surface area contributed by atoms with Crippen molar-refractivity contribution in [3.8, 4) is 12.1 Å². The fourth-order valence-corrected chi connectivity index (χ4v) is 1.81. The van der Waals surface area contributed by atoms with Crippen LogP contribution in [0.4, 0.5) is 0 Å². The molecular weight excluding hydrogens is 162 g/mol. The van der Waals surface area contributed by atoms with Crippen LogP contribution in [0.15, 0.2) is 11.1 Å². The molecule has 1 aliphatic heterocycles. The van der Waals surface area contributed by atoms with Crippen LogP contribution in [0.3, 0.4) is 0 Å². The number of rotatable bonds is 0. The minimum Gasteiger partial charge on any atom is -0.311 e. The fraction of sp³-hybridized carbons (Fsp3) is 0.600. The van der Waals surface area contributed by atoms with E-state index in [-0.39, 0.29) is 0 Å². The summed E-state index contributed by atoms with van der Waals surface area (Å²) in [7, 11) is 0. The fourth-order valence-electron chi connectivity index (χ4n) is 1.81. The summed E-state index contributed by atoms with van der Waals surface area (Å²) in [4.78, 5) is 0. The Bertz CT molecular complexity index is 275. The largest absolute Gasteiger partial charge is 0.311 e. The van der Waals surface area contributed by atoms with Gasteiger partial charge in [0.2, 0.25) is 0 Å². The second kappa shape index (κ2) is 4.07. The van der Waals surface area contributed by atoms with Crippen LogP contribution < -0.4 is 5.32 Å². The van der Waals surface area contributed by atoms with Gasteiger partial charge in [0.05, 0.1) is 0 Å². The van der Waals surface area contributed by atoms with Gasteiger partial charge in [-0.25, -0.2) is 0 Å². The Labute approximate surface area is 78.7 Å². The zero-order valence-corrected chi connectivity index (χ0v) is 7.96. The van der Waals surface area contributed by atoms with Crippen molar-refractivity contribution in [3.05, 3.63) is 11.1 Å². The Balaban J connectivity index is 2.88. The van der Waals surface area contributed by atoms with E-state index >= 15 is 0 Å². The Hall–Kier alpha value is -1.32. The average Bonchev–Trinajstić information content (AvgIpc) is 2.04. The molecule has 3 nitrogen and oxygen atoms in total. The van der Waals surface area contributed by atoms with Crippen LogP contribution in [0.2, 0.25) is 0 Å². The lowest BCUT2D eigenvalue weighted by Gasteiger charge is -2.28. The first-order valence-corrected chi connectivity index (χ1v) is 4.45. The normalized spacial score (nSPS) is 27.5. The van der Waals surface area contributed by atoms with Gasteiger partial charge in [0.15, 0.2) is 0 Å². The monoisotopic (exact) mass is 175 g/mol. The van der Waals surface area contributed by atoms with Crippen molar-refractivity contribution in [1.82, 2.24) is 5.32 Å². The zero-order chi connectivity index (χ0) is 9.84. The first-order valence-electron chi connectivity index (χ1n) is 4.45. The number of hydrogen-bond donors (Lipinski definition) is 1. The average molecular weight is 175 g/mol. The zero-order valence-electron chi connectivity index (χ0n) is 7.96. The molecular formula is C10H13N3. The van der Waals surface area contributed by atoms with Crippen LogP contribution in [0.1, 0.15) is 26.7 Å². The molecule has 1 fully saturated rings. The summed E-state index contributed by atoms with van der Waals surface area (Å²) in [6.07, 6.45) is 1.64. The number of nitriles is 2. The molecule has 1 heterocycles. The van der Waals surface area contributed by atoms with Crippen molar-refractivity contribution in [2.24, 2.45) is 0 Å². The highest BCUT2D eigenvalue weighted by Gasteiger charge is 2.20. The van der Waals surface area contributed by atoms with Crippen molar-refractivity contribution < 1.29 is 0 Å². The molecule has 0 spiro atoms. The number of allylic oxidation sites excluding steroid dienone is 1. The predicted molar refractivity (Wildman–Crippen MR) is 49.5 cm³/mol. The topological polar surface area (TPSA) is 59.6 Å². The van der Waals surface area contributed by atoms with E-state index in [2.05, 4.69) is 19.2 Å². The van der Waals surface area contributed by atoms with Gasteiger partial charge < -0.3 is 5.32 Å². The Morgan fingerprint density at radius 3 is 2.08 bits per heavy atom. The minimum absolute atomic E-state index is 0.306. The summed E-state index contributed by atoms with van der Waals surface area (Å²) in [5.74, 6) is 0. The van der Waals surface area contributed by atoms with E-state index in [1.807, 2.05) is 12.1 Å². The molecule has 0 aliphatic carbocycles. The van der Waals surface area contributed by atoms with Crippen LogP contribution in [0, 0.1) is 22.7 Å². The molecule has 1 N–H and O–H groups in total. The lowest BCUT2D eigenvalue weighted by atomic mass is 9.91. The Morgan fingerprint density at radius 1 is 1.23 bits per heavy atom. The third kappa shape index (κ3) is 2.31. The molecule has 0 radical (unpaired) electrons. The molecule has 68 valence electrons. The van der Waals surface area contributed by atoms with Gasteiger partial charge >= 0.3 is 0 Å². The maximum atomic E-state index is 8.70. The van der Waals surface area contributed by atoms with E-state index in [0.717, 1.165) is 18.4 Å². The first kappa shape index (κ1) is 9.77. The summed E-state index contributed by atoms with van der Waals surface area (Å²) in [6, 6.07) is 4.65.